The smallest absolute Gasteiger partial charge is 0.228 e. The van der Waals surface area contributed by atoms with Crippen molar-refractivity contribution in [2.75, 3.05) is 19.5 Å². The Labute approximate surface area is 169 Å². The molecule has 1 amide bonds. The monoisotopic (exact) mass is 395 g/mol. The molecule has 0 radical (unpaired) electrons. The highest BCUT2D eigenvalue weighted by molar-refractivity contribution is 5.92. The summed E-state index contributed by atoms with van der Waals surface area (Å²) >= 11 is 0. The van der Waals surface area contributed by atoms with Gasteiger partial charge in [-0.1, -0.05) is 18.2 Å². The van der Waals surface area contributed by atoms with E-state index in [1.165, 1.54) is 0 Å². The predicted molar refractivity (Wildman–Crippen MR) is 110 cm³/mol. The molecule has 3 aromatic rings. The third-order valence-corrected chi connectivity index (χ3v) is 4.65. The number of carbonyl (C=O) groups excluding carboxylic acids is 1. The quantitative estimate of drug-likeness (QED) is 0.612. The van der Waals surface area contributed by atoms with Crippen molar-refractivity contribution in [3.63, 3.8) is 0 Å². The molecule has 0 bridgehead atoms. The van der Waals surface area contributed by atoms with E-state index in [-0.39, 0.29) is 18.4 Å². The first-order valence-electron chi connectivity index (χ1n) is 9.28. The van der Waals surface area contributed by atoms with Crippen molar-refractivity contribution < 1.29 is 19.4 Å². The molecule has 3 rings (SSSR count). The van der Waals surface area contributed by atoms with E-state index in [0.717, 1.165) is 11.1 Å². The van der Waals surface area contributed by atoms with Gasteiger partial charge in [0.1, 0.15) is 0 Å². The van der Waals surface area contributed by atoms with E-state index in [9.17, 15) is 9.90 Å². The number of aliphatic hydroxyl groups is 1. The molecule has 152 valence electrons. The molecule has 7 nitrogen and oxygen atoms in total. The maximum atomic E-state index is 12.4. The fraction of sp³-hybridized carbons (Fsp3) is 0.273. The highest BCUT2D eigenvalue weighted by Gasteiger charge is 2.19. The molecule has 29 heavy (non-hydrogen) atoms. The Balaban J connectivity index is 1.67. The zero-order valence-electron chi connectivity index (χ0n) is 16.7. The van der Waals surface area contributed by atoms with Gasteiger partial charge in [-0.2, -0.15) is 0 Å². The van der Waals surface area contributed by atoms with Crippen LogP contribution < -0.4 is 14.8 Å². The van der Waals surface area contributed by atoms with E-state index >= 15 is 0 Å². The molecule has 0 saturated carbocycles. The van der Waals surface area contributed by atoms with Crippen LogP contribution in [0.25, 0.3) is 0 Å². The van der Waals surface area contributed by atoms with Crippen molar-refractivity contribution in [1.82, 2.24) is 9.55 Å². The Morgan fingerprint density at radius 3 is 2.45 bits per heavy atom. The maximum absolute atomic E-state index is 12.4. The molecule has 0 aliphatic carbocycles. The van der Waals surface area contributed by atoms with Crippen LogP contribution in [0.15, 0.2) is 61.2 Å². The molecule has 2 atom stereocenters. The van der Waals surface area contributed by atoms with E-state index in [4.69, 9.17) is 9.47 Å². The summed E-state index contributed by atoms with van der Waals surface area (Å²) in [7, 11) is 3.14. The van der Waals surface area contributed by atoms with E-state index in [2.05, 4.69) is 10.3 Å². The van der Waals surface area contributed by atoms with Gasteiger partial charge in [-0.3, -0.25) is 4.79 Å². The van der Waals surface area contributed by atoms with Crippen LogP contribution in [0.2, 0.25) is 0 Å². The molecule has 2 aromatic carbocycles. The van der Waals surface area contributed by atoms with Crippen LogP contribution in [0, 0.1) is 0 Å². The summed E-state index contributed by atoms with van der Waals surface area (Å²) in [6.45, 7) is 1.74. The molecule has 0 fully saturated rings. The minimum atomic E-state index is -0.588. The summed E-state index contributed by atoms with van der Waals surface area (Å²) in [4.78, 5) is 16.5. The van der Waals surface area contributed by atoms with Gasteiger partial charge >= 0.3 is 0 Å². The normalized spacial score (nSPS) is 12.8. The molecular formula is C22H25N3O4. The Hall–Kier alpha value is -3.32. The number of hydrogen-bond donors (Lipinski definition) is 2. The summed E-state index contributed by atoms with van der Waals surface area (Å²) < 4.78 is 12.4. The average Bonchev–Trinajstić information content (AvgIpc) is 3.23. The van der Waals surface area contributed by atoms with Gasteiger partial charge in [0.2, 0.25) is 5.91 Å². The molecule has 2 N–H and O–H groups in total. The van der Waals surface area contributed by atoms with Crippen molar-refractivity contribution in [2.45, 2.75) is 25.5 Å². The summed E-state index contributed by atoms with van der Waals surface area (Å²) in [6, 6.07) is 12.6. The highest BCUT2D eigenvalue weighted by atomic mass is 16.5. The summed E-state index contributed by atoms with van der Waals surface area (Å²) in [6.07, 6.45) is 4.80. The molecule has 0 aliphatic rings. The lowest BCUT2D eigenvalue weighted by molar-refractivity contribution is -0.115. The standard InChI is InChI=1S/C22H25N3O4/c1-15(26)22(25-11-10-23-14-25)17-5-7-18(8-6-17)24-21(27)13-16-4-9-19(28-2)20(12-16)29-3/h4-12,14-15,22,26H,13H2,1-3H3,(H,24,27). The van der Waals surface area contributed by atoms with Crippen molar-refractivity contribution in [2.24, 2.45) is 0 Å². The van der Waals surface area contributed by atoms with Gasteiger partial charge in [0.15, 0.2) is 11.5 Å². The first kappa shape index (κ1) is 20.4. The highest BCUT2D eigenvalue weighted by Crippen LogP contribution is 2.28. The molecule has 0 spiro atoms. The van der Waals surface area contributed by atoms with Crippen molar-refractivity contribution in [3.8, 4) is 11.5 Å². The van der Waals surface area contributed by atoms with E-state index in [1.54, 1.807) is 45.8 Å². The number of imidazole rings is 1. The lowest BCUT2D eigenvalue weighted by atomic mass is 10.0. The third kappa shape index (κ3) is 4.94. The van der Waals surface area contributed by atoms with E-state index in [1.807, 2.05) is 41.1 Å². The summed E-state index contributed by atoms with van der Waals surface area (Å²) in [5, 5.41) is 13.1. The zero-order valence-corrected chi connectivity index (χ0v) is 16.7. The third-order valence-electron chi connectivity index (χ3n) is 4.65. The van der Waals surface area contributed by atoms with Crippen LogP contribution in [-0.2, 0) is 11.2 Å². The minimum Gasteiger partial charge on any atom is -0.493 e. The van der Waals surface area contributed by atoms with Crippen LogP contribution in [0.5, 0.6) is 11.5 Å². The number of benzene rings is 2. The van der Waals surface area contributed by atoms with Crippen LogP contribution in [0.4, 0.5) is 5.69 Å². The number of rotatable bonds is 8. The number of amides is 1. The number of hydrogen-bond acceptors (Lipinski definition) is 5. The molecule has 7 heteroatoms. The summed E-state index contributed by atoms with van der Waals surface area (Å²) in [5.41, 5.74) is 2.44. The fourth-order valence-electron chi connectivity index (χ4n) is 3.28. The number of carbonyl (C=O) groups is 1. The number of nitrogens with zero attached hydrogens (tertiary/aromatic N) is 2. The number of aromatic nitrogens is 2. The summed E-state index contributed by atoms with van der Waals surface area (Å²) in [5.74, 6) is 1.08. The Morgan fingerprint density at radius 1 is 1.14 bits per heavy atom. The van der Waals surface area contributed by atoms with Crippen LogP contribution >= 0.6 is 0 Å². The SMILES string of the molecule is COc1ccc(CC(=O)Nc2ccc(C(C(C)O)n3ccnc3)cc2)cc1OC. The van der Waals surface area contributed by atoms with Crippen LogP contribution in [0.3, 0.4) is 0 Å². The first-order valence-corrected chi connectivity index (χ1v) is 9.28. The predicted octanol–water partition coefficient (Wildman–Crippen LogP) is 3.05. The van der Waals surface area contributed by atoms with Gasteiger partial charge < -0.3 is 24.5 Å². The molecule has 0 saturated heterocycles. The van der Waals surface area contributed by atoms with Gasteiger partial charge in [0, 0.05) is 18.1 Å². The van der Waals surface area contributed by atoms with Gasteiger partial charge in [0.25, 0.3) is 0 Å². The Kier molecular flexibility index (Phi) is 6.51. The molecule has 2 unspecified atom stereocenters. The van der Waals surface area contributed by atoms with Crippen LogP contribution in [0.1, 0.15) is 24.1 Å². The number of ether oxygens (including phenoxy) is 2. The lowest BCUT2D eigenvalue weighted by Crippen LogP contribution is -2.21. The fourth-order valence-corrected chi connectivity index (χ4v) is 3.28. The number of nitrogens with one attached hydrogen (secondary N) is 1. The van der Waals surface area contributed by atoms with E-state index < -0.39 is 6.10 Å². The van der Waals surface area contributed by atoms with Gasteiger partial charge in [-0.25, -0.2) is 4.98 Å². The second kappa shape index (κ2) is 9.25. The first-order chi connectivity index (χ1) is 14.0. The Bertz CT molecular complexity index is 937. The topological polar surface area (TPSA) is 85.6 Å². The van der Waals surface area contributed by atoms with Gasteiger partial charge in [-0.05, 0) is 42.3 Å². The number of anilines is 1. The molecule has 0 aliphatic heterocycles. The molecular weight excluding hydrogens is 370 g/mol. The number of methoxy groups -OCH3 is 2. The largest absolute Gasteiger partial charge is 0.493 e. The van der Waals surface area contributed by atoms with Crippen LogP contribution in [-0.4, -0.2) is 40.9 Å². The second-order valence-corrected chi connectivity index (χ2v) is 6.73. The van der Waals surface area contributed by atoms with Crippen molar-refractivity contribution in [1.29, 1.82) is 0 Å². The zero-order chi connectivity index (χ0) is 20.8. The van der Waals surface area contributed by atoms with Crippen molar-refractivity contribution >= 4 is 11.6 Å². The number of aliphatic hydroxyl groups excluding tert-OH is 1. The minimum absolute atomic E-state index is 0.133. The average molecular weight is 395 g/mol. The molecule has 1 aromatic heterocycles. The second-order valence-electron chi connectivity index (χ2n) is 6.73. The lowest BCUT2D eigenvalue weighted by Gasteiger charge is -2.22. The maximum Gasteiger partial charge on any atom is 0.228 e. The van der Waals surface area contributed by atoms with E-state index in [0.29, 0.717) is 17.2 Å². The van der Waals surface area contributed by atoms with Gasteiger partial charge in [-0.15, -0.1) is 0 Å². The van der Waals surface area contributed by atoms with Gasteiger partial charge in [0.05, 0.1) is 39.1 Å². The van der Waals surface area contributed by atoms with Crippen molar-refractivity contribution in [3.05, 3.63) is 72.3 Å². The Morgan fingerprint density at radius 2 is 1.86 bits per heavy atom. The molecule has 1 heterocycles.